The van der Waals surface area contributed by atoms with Crippen molar-refractivity contribution in [1.82, 2.24) is 4.98 Å². The van der Waals surface area contributed by atoms with Crippen LogP contribution in [0.25, 0.3) is 28.0 Å². The first-order valence-electron chi connectivity index (χ1n) is 8.62. The molecule has 0 atom stereocenters. The van der Waals surface area contributed by atoms with Gasteiger partial charge in [-0.15, -0.1) is 11.3 Å². The van der Waals surface area contributed by atoms with Crippen LogP contribution in [0.15, 0.2) is 50.2 Å². The number of Topliss-reactive ketones (excluding diaryl/α,β-unsaturated/α-hetero) is 2. The number of allylic oxidation sites excluding steroid dienone is 1. The largest absolute Gasteiger partial charge is 0.453 e. The number of aromatic nitrogens is 1. The van der Waals surface area contributed by atoms with Gasteiger partial charge in [-0.3, -0.25) is 9.59 Å². The average Bonchev–Trinajstić information content (AvgIpc) is 3.43. The number of hydrogen-bond acceptors (Lipinski definition) is 6. The molecule has 0 bridgehead atoms. The Bertz CT molecular complexity index is 1260. The summed E-state index contributed by atoms with van der Waals surface area (Å²) in [6.45, 7) is 1.95. The summed E-state index contributed by atoms with van der Waals surface area (Å²) in [4.78, 5) is 29.7. The summed E-state index contributed by atoms with van der Waals surface area (Å²) in [6.07, 6.45) is 3.84. The zero-order chi connectivity index (χ0) is 19.4. The molecule has 138 valence electrons. The number of nitrogens with zero attached hydrogens (tertiary/aromatic N) is 1. The minimum atomic E-state index is -0.346. The summed E-state index contributed by atoms with van der Waals surface area (Å²) in [5.41, 5.74) is 2.69. The molecule has 3 aromatic heterocycles. The number of fused-ring (bicyclic) bond motifs is 2. The van der Waals surface area contributed by atoms with Crippen molar-refractivity contribution < 1.29 is 18.4 Å². The predicted octanol–water partition coefficient (Wildman–Crippen LogP) is 5.83. The molecular weight excluding hydrogens is 398 g/mol. The molecule has 5 nitrogen and oxygen atoms in total. The van der Waals surface area contributed by atoms with Gasteiger partial charge in [-0.05, 0) is 30.2 Å². The van der Waals surface area contributed by atoms with Crippen LogP contribution in [0.1, 0.15) is 39.0 Å². The summed E-state index contributed by atoms with van der Waals surface area (Å²) >= 11 is 7.67. The zero-order valence-corrected chi connectivity index (χ0v) is 16.2. The highest BCUT2D eigenvalue weighted by molar-refractivity contribution is 7.13. The van der Waals surface area contributed by atoms with Crippen LogP contribution in [0.5, 0.6) is 0 Å². The molecule has 0 unspecified atom stereocenters. The first-order valence-corrected chi connectivity index (χ1v) is 9.87. The number of ketones is 2. The van der Waals surface area contributed by atoms with E-state index < -0.39 is 0 Å². The van der Waals surface area contributed by atoms with Gasteiger partial charge in [0.05, 0.1) is 5.57 Å². The Balaban J connectivity index is 1.53. The zero-order valence-electron chi connectivity index (χ0n) is 14.6. The topological polar surface area (TPSA) is 73.3 Å². The molecule has 0 aliphatic heterocycles. The van der Waals surface area contributed by atoms with Gasteiger partial charge in [-0.1, -0.05) is 18.5 Å². The Labute approximate surface area is 168 Å². The second-order valence-corrected chi connectivity index (χ2v) is 7.69. The molecule has 0 saturated heterocycles. The fraction of sp³-hybridized carbons (Fsp3) is 0.0952. The van der Waals surface area contributed by atoms with Gasteiger partial charge in [-0.2, -0.15) is 0 Å². The van der Waals surface area contributed by atoms with Gasteiger partial charge in [0, 0.05) is 39.9 Å². The number of furan rings is 2. The molecule has 1 aliphatic rings. The molecule has 4 aromatic rings. The number of halogens is 1. The van der Waals surface area contributed by atoms with Crippen molar-refractivity contribution in [3.05, 3.63) is 68.9 Å². The standard InChI is InChI=1S/C21H12ClNO4S/c1-2-10-5-12-13(8-15(10)22)20(25)14(19(12)24)6-11-7-16-17(26-11)9-18(27-16)21-23-3-4-28-21/h3-9H,2H2,1H3/b14-6-. The summed E-state index contributed by atoms with van der Waals surface area (Å²) in [7, 11) is 0. The van der Waals surface area contributed by atoms with Crippen LogP contribution in [0.2, 0.25) is 5.02 Å². The van der Waals surface area contributed by atoms with Gasteiger partial charge in [0.25, 0.3) is 0 Å². The monoisotopic (exact) mass is 409 g/mol. The number of carbonyl (C=O) groups is 2. The molecule has 0 spiro atoms. The molecule has 1 aliphatic carbocycles. The van der Waals surface area contributed by atoms with Crippen LogP contribution in [0.4, 0.5) is 0 Å². The maximum Gasteiger partial charge on any atom is 0.197 e. The van der Waals surface area contributed by atoms with Gasteiger partial charge < -0.3 is 8.83 Å². The van der Waals surface area contributed by atoms with Gasteiger partial charge in [-0.25, -0.2) is 4.98 Å². The van der Waals surface area contributed by atoms with E-state index >= 15 is 0 Å². The van der Waals surface area contributed by atoms with Gasteiger partial charge >= 0.3 is 0 Å². The summed E-state index contributed by atoms with van der Waals surface area (Å²) in [5.74, 6) is 0.333. The number of benzene rings is 1. The van der Waals surface area contributed by atoms with E-state index in [4.69, 9.17) is 20.4 Å². The number of thiazole rings is 1. The fourth-order valence-corrected chi connectivity index (χ4v) is 4.19. The summed E-state index contributed by atoms with van der Waals surface area (Å²) < 4.78 is 11.5. The Kier molecular flexibility index (Phi) is 3.86. The molecule has 7 heteroatoms. The maximum absolute atomic E-state index is 12.7. The van der Waals surface area contributed by atoms with Crippen LogP contribution < -0.4 is 0 Å². The van der Waals surface area contributed by atoms with Gasteiger partial charge in [0.15, 0.2) is 33.5 Å². The molecule has 1 aromatic carbocycles. The van der Waals surface area contributed by atoms with Crippen LogP contribution in [-0.4, -0.2) is 16.6 Å². The molecule has 0 radical (unpaired) electrons. The van der Waals surface area contributed by atoms with Crippen molar-refractivity contribution in [3.8, 4) is 10.8 Å². The normalized spacial score (nSPS) is 15.1. The van der Waals surface area contributed by atoms with Crippen molar-refractivity contribution in [2.24, 2.45) is 0 Å². The fourth-order valence-electron chi connectivity index (χ4n) is 3.31. The third-order valence-corrected chi connectivity index (χ3v) is 5.84. The summed E-state index contributed by atoms with van der Waals surface area (Å²) in [6, 6.07) is 6.68. The Morgan fingerprint density at radius 1 is 1.07 bits per heavy atom. The van der Waals surface area contributed by atoms with Crippen molar-refractivity contribution in [3.63, 3.8) is 0 Å². The van der Waals surface area contributed by atoms with E-state index in [0.29, 0.717) is 45.3 Å². The molecular formula is C21H12ClNO4S. The number of carbonyl (C=O) groups excluding carboxylic acids is 2. The molecule has 0 N–H and O–H groups in total. The van der Waals surface area contributed by atoms with E-state index in [1.807, 2.05) is 12.3 Å². The molecule has 3 heterocycles. The van der Waals surface area contributed by atoms with E-state index in [2.05, 4.69) is 4.98 Å². The Morgan fingerprint density at radius 3 is 2.50 bits per heavy atom. The lowest BCUT2D eigenvalue weighted by molar-refractivity contribution is 0.0990. The van der Waals surface area contributed by atoms with E-state index in [1.54, 1.807) is 30.5 Å². The minimum Gasteiger partial charge on any atom is -0.453 e. The second kappa shape index (κ2) is 6.29. The lowest BCUT2D eigenvalue weighted by Gasteiger charge is -2.03. The minimum absolute atomic E-state index is 0.0656. The van der Waals surface area contributed by atoms with Crippen LogP contribution in [0, 0.1) is 0 Å². The lowest BCUT2D eigenvalue weighted by atomic mass is 10.0. The van der Waals surface area contributed by atoms with E-state index in [-0.39, 0.29) is 17.1 Å². The number of aryl methyl sites for hydroxylation is 1. The van der Waals surface area contributed by atoms with Gasteiger partial charge in [0.2, 0.25) is 0 Å². The molecule has 0 amide bonds. The SMILES string of the molecule is CCc1cc2c(cc1Cl)C(=O)/C(=C\c1cc3oc(-c4nccs4)cc3o1)C2=O. The second-order valence-electron chi connectivity index (χ2n) is 6.38. The quantitative estimate of drug-likeness (QED) is 0.314. The van der Waals surface area contributed by atoms with Crippen molar-refractivity contribution >= 4 is 51.7 Å². The van der Waals surface area contributed by atoms with Crippen LogP contribution in [0.3, 0.4) is 0 Å². The first-order chi connectivity index (χ1) is 13.5. The van der Waals surface area contributed by atoms with Crippen LogP contribution >= 0.6 is 22.9 Å². The first kappa shape index (κ1) is 17.2. The summed E-state index contributed by atoms with van der Waals surface area (Å²) in [5, 5.41) is 3.11. The van der Waals surface area contributed by atoms with Gasteiger partial charge in [0.1, 0.15) is 5.76 Å². The molecule has 28 heavy (non-hydrogen) atoms. The molecule has 5 rings (SSSR count). The third kappa shape index (κ3) is 2.57. The van der Waals surface area contributed by atoms with Crippen molar-refractivity contribution in [2.75, 3.05) is 0 Å². The number of rotatable bonds is 3. The van der Waals surface area contributed by atoms with E-state index in [1.165, 1.54) is 17.4 Å². The van der Waals surface area contributed by atoms with E-state index in [9.17, 15) is 9.59 Å². The van der Waals surface area contributed by atoms with Crippen molar-refractivity contribution in [1.29, 1.82) is 0 Å². The highest BCUT2D eigenvalue weighted by Gasteiger charge is 2.34. The maximum atomic E-state index is 12.7. The predicted molar refractivity (Wildman–Crippen MR) is 107 cm³/mol. The molecule has 0 fully saturated rings. The van der Waals surface area contributed by atoms with Crippen LogP contribution in [-0.2, 0) is 6.42 Å². The number of hydrogen-bond donors (Lipinski definition) is 0. The third-order valence-electron chi connectivity index (χ3n) is 4.70. The van der Waals surface area contributed by atoms with Crippen molar-refractivity contribution in [2.45, 2.75) is 13.3 Å². The highest BCUT2D eigenvalue weighted by Crippen LogP contribution is 2.35. The lowest BCUT2D eigenvalue weighted by Crippen LogP contribution is -1.99. The average molecular weight is 410 g/mol. The highest BCUT2D eigenvalue weighted by atomic mass is 35.5. The Morgan fingerprint density at radius 2 is 1.82 bits per heavy atom. The smallest absolute Gasteiger partial charge is 0.197 e. The molecule has 0 saturated carbocycles. The Hall–Kier alpha value is -2.96. The van der Waals surface area contributed by atoms with E-state index in [0.717, 1.165) is 10.6 Å².